The van der Waals surface area contributed by atoms with Gasteiger partial charge in [0.15, 0.2) is 17.3 Å². The van der Waals surface area contributed by atoms with E-state index in [1.807, 2.05) is 30.3 Å². The van der Waals surface area contributed by atoms with Crippen molar-refractivity contribution in [1.29, 1.82) is 0 Å². The van der Waals surface area contributed by atoms with Crippen LogP contribution in [0.5, 0.6) is 23.0 Å². The van der Waals surface area contributed by atoms with Crippen molar-refractivity contribution in [3.63, 3.8) is 0 Å². The summed E-state index contributed by atoms with van der Waals surface area (Å²) in [5.41, 5.74) is 2.37. The first-order chi connectivity index (χ1) is 18.0. The van der Waals surface area contributed by atoms with Crippen molar-refractivity contribution in [2.75, 3.05) is 13.2 Å². The number of hydrogen-bond donors (Lipinski definition) is 1. The molecular formula is C29H19NO7. The lowest BCUT2D eigenvalue weighted by Crippen LogP contribution is -2.26. The van der Waals surface area contributed by atoms with E-state index in [1.54, 1.807) is 36.4 Å². The highest BCUT2D eigenvalue weighted by molar-refractivity contribution is 6.15. The lowest BCUT2D eigenvalue weighted by Gasteiger charge is -2.26. The van der Waals surface area contributed by atoms with E-state index >= 15 is 0 Å². The van der Waals surface area contributed by atoms with Gasteiger partial charge in [0.25, 0.3) is 5.56 Å². The number of Topliss-reactive ketones (excluding diaryl/α,β-unsaturated/α-hetero) is 1. The molecule has 3 aliphatic heterocycles. The van der Waals surface area contributed by atoms with Crippen LogP contribution in [0.25, 0.3) is 17.0 Å². The number of H-pyrrole nitrogens is 1. The lowest BCUT2D eigenvalue weighted by atomic mass is 9.85. The van der Waals surface area contributed by atoms with Crippen molar-refractivity contribution in [2.24, 2.45) is 0 Å². The standard InChI is InChI=1S/C29H19NO7/c31-25-14-18(19-13-16-3-1-2-4-20(16)30-29(19)33)26-22(36-25)8-6-17-27(32)24(37-28(17)26)12-15-5-7-21-23(11-15)35-10-9-34-21/h1-8,11-13,18H,9-10,14H2,(H,30,33)/b24-12-. The molecule has 0 saturated carbocycles. The van der Waals surface area contributed by atoms with Crippen molar-refractivity contribution in [3.05, 3.63) is 99.0 Å². The Labute approximate surface area is 210 Å². The molecule has 0 aliphatic carbocycles. The van der Waals surface area contributed by atoms with Gasteiger partial charge in [-0.15, -0.1) is 0 Å². The zero-order chi connectivity index (χ0) is 25.1. The summed E-state index contributed by atoms with van der Waals surface area (Å²) in [4.78, 5) is 41.8. The fraction of sp³-hybridized carbons (Fsp3) is 0.138. The monoisotopic (exact) mass is 493 g/mol. The topological polar surface area (TPSA) is 104 Å². The van der Waals surface area contributed by atoms with Gasteiger partial charge in [0.1, 0.15) is 24.7 Å². The minimum absolute atomic E-state index is 0.0520. The summed E-state index contributed by atoms with van der Waals surface area (Å²) in [6.07, 6.45) is 1.59. The Hall–Kier alpha value is -4.85. The van der Waals surface area contributed by atoms with Crippen LogP contribution in [0.1, 0.15) is 39.4 Å². The van der Waals surface area contributed by atoms with Gasteiger partial charge in [-0.2, -0.15) is 0 Å². The number of ether oxygens (including phenoxy) is 4. The summed E-state index contributed by atoms with van der Waals surface area (Å²) in [5.74, 6) is 0.566. The molecule has 1 N–H and O–H groups in total. The number of allylic oxidation sites excluding steroid dienone is 1. The van der Waals surface area contributed by atoms with Crippen LogP contribution in [0, 0.1) is 0 Å². The van der Waals surface area contributed by atoms with Crippen LogP contribution in [0.15, 0.2) is 71.2 Å². The van der Waals surface area contributed by atoms with Crippen LogP contribution in [-0.4, -0.2) is 30.0 Å². The van der Waals surface area contributed by atoms with E-state index in [0.29, 0.717) is 58.2 Å². The van der Waals surface area contributed by atoms with Gasteiger partial charge in [-0.25, -0.2) is 0 Å². The van der Waals surface area contributed by atoms with Gasteiger partial charge in [0.2, 0.25) is 5.78 Å². The number of rotatable bonds is 2. The Balaban J connectivity index is 1.33. The van der Waals surface area contributed by atoms with E-state index < -0.39 is 11.9 Å². The molecular weight excluding hydrogens is 474 g/mol. The molecule has 1 aromatic heterocycles. The number of fused-ring (bicyclic) bond motifs is 5. The van der Waals surface area contributed by atoms with Crippen LogP contribution < -0.4 is 24.5 Å². The van der Waals surface area contributed by atoms with Gasteiger partial charge >= 0.3 is 5.97 Å². The zero-order valence-corrected chi connectivity index (χ0v) is 19.4. The summed E-state index contributed by atoms with van der Waals surface area (Å²) < 4.78 is 22.8. The predicted octanol–water partition coefficient (Wildman–Crippen LogP) is 4.36. The molecule has 3 aromatic carbocycles. The van der Waals surface area contributed by atoms with Crippen LogP contribution in [-0.2, 0) is 4.79 Å². The first kappa shape index (κ1) is 21.4. The Kier molecular flexibility index (Phi) is 4.69. The molecule has 182 valence electrons. The maximum atomic E-state index is 13.3. The predicted molar refractivity (Wildman–Crippen MR) is 133 cm³/mol. The summed E-state index contributed by atoms with van der Waals surface area (Å²) in [5, 5.41) is 0.835. The van der Waals surface area contributed by atoms with Gasteiger partial charge < -0.3 is 23.9 Å². The Morgan fingerprint density at radius 2 is 1.65 bits per heavy atom. The minimum atomic E-state index is -0.638. The number of nitrogens with one attached hydrogen (secondary N) is 1. The van der Waals surface area contributed by atoms with E-state index in [2.05, 4.69) is 4.98 Å². The van der Waals surface area contributed by atoms with Gasteiger partial charge in [-0.05, 0) is 53.4 Å². The van der Waals surface area contributed by atoms with Gasteiger partial charge in [0, 0.05) is 22.6 Å². The molecule has 0 saturated heterocycles. The number of carbonyl (C=O) groups excluding carboxylic acids is 2. The molecule has 0 fully saturated rings. The molecule has 37 heavy (non-hydrogen) atoms. The number of aromatic nitrogens is 1. The quantitative estimate of drug-likeness (QED) is 0.251. The zero-order valence-electron chi connectivity index (χ0n) is 19.4. The Morgan fingerprint density at radius 3 is 2.54 bits per heavy atom. The van der Waals surface area contributed by atoms with E-state index in [4.69, 9.17) is 18.9 Å². The maximum Gasteiger partial charge on any atom is 0.312 e. The van der Waals surface area contributed by atoms with Gasteiger partial charge in [-0.3, -0.25) is 14.4 Å². The normalized spacial score (nSPS) is 18.8. The summed E-state index contributed by atoms with van der Waals surface area (Å²) in [6.45, 7) is 0.940. The van der Waals surface area contributed by atoms with Crippen LogP contribution >= 0.6 is 0 Å². The Bertz CT molecular complexity index is 1730. The number of ketones is 1. The number of pyridine rings is 1. The SMILES string of the molecule is O=C1CC(c2cc3ccccc3[nH]c2=O)c2c(ccc3c2O/C(=C\c2ccc4c(c2)OCCO4)C3=O)O1. The number of esters is 1. The molecule has 0 bridgehead atoms. The minimum Gasteiger partial charge on any atom is -0.486 e. The number of hydrogen-bond acceptors (Lipinski definition) is 7. The smallest absolute Gasteiger partial charge is 0.312 e. The van der Waals surface area contributed by atoms with Crippen molar-refractivity contribution in [3.8, 4) is 23.0 Å². The average Bonchev–Trinajstić information content (AvgIpc) is 3.22. The largest absolute Gasteiger partial charge is 0.486 e. The van der Waals surface area contributed by atoms with Crippen molar-refractivity contribution >= 4 is 28.7 Å². The number of para-hydroxylation sites is 1. The van der Waals surface area contributed by atoms with Crippen molar-refractivity contribution < 1.29 is 28.5 Å². The molecule has 1 atom stereocenters. The highest BCUT2D eigenvalue weighted by atomic mass is 16.6. The molecule has 1 unspecified atom stereocenters. The Morgan fingerprint density at radius 1 is 0.838 bits per heavy atom. The van der Waals surface area contributed by atoms with Crippen LogP contribution in [0.3, 0.4) is 0 Å². The van der Waals surface area contributed by atoms with Gasteiger partial charge in [-0.1, -0.05) is 24.3 Å². The molecule has 8 nitrogen and oxygen atoms in total. The van der Waals surface area contributed by atoms with Crippen molar-refractivity contribution in [2.45, 2.75) is 12.3 Å². The molecule has 0 amide bonds. The second-order valence-corrected chi connectivity index (χ2v) is 9.07. The number of aromatic amines is 1. The number of carbonyl (C=O) groups is 2. The number of benzene rings is 3. The fourth-order valence-electron chi connectivity index (χ4n) is 5.10. The molecule has 4 heterocycles. The van der Waals surface area contributed by atoms with Crippen LogP contribution in [0.2, 0.25) is 0 Å². The second-order valence-electron chi connectivity index (χ2n) is 9.07. The highest BCUT2D eigenvalue weighted by Gasteiger charge is 2.39. The van der Waals surface area contributed by atoms with E-state index in [0.717, 1.165) is 5.39 Å². The molecule has 7 rings (SSSR count). The maximum absolute atomic E-state index is 13.3. The average molecular weight is 493 g/mol. The third-order valence-electron chi connectivity index (χ3n) is 6.80. The van der Waals surface area contributed by atoms with Crippen LogP contribution in [0.4, 0.5) is 0 Å². The molecule has 3 aliphatic rings. The third kappa shape index (κ3) is 3.48. The van der Waals surface area contributed by atoms with E-state index in [-0.39, 0.29) is 29.3 Å². The fourth-order valence-corrected chi connectivity index (χ4v) is 5.10. The lowest BCUT2D eigenvalue weighted by molar-refractivity contribution is -0.135. The second kappa shape index (κ2) is 8.09. The summed E-state index contributed by atoms with van der Waals surface area (Å²) in [6, 6.07) is 17.8. The molecule has 0 radical (unpaired) electrons. The summed E-state index contributed by atoms with van der Waals surface area (Å²) in [7, 11) is 0. The molecule has 4 aromatic rings. The molecule has 8 heteroatoms. The van der Waals surface area contributed by atoms with E-state index in [1.165, 1.54) is 0 Å². The first-order valence-corrected chi connectivity index (χ1v) is 11.9. The highest BCUT2D eigenvalue weighted by Crippen LogP contribution is 2.48. The third-order valence-corrected chi connectivity index (χ3v) is 6.80. The van der Waals surface area contributed by atoms with E-state index in [9.17, 15) is 14.4 Å². The summed E-state index contributed by atoms with van der Waals surface area (Å²) >= 11 is 0. The van der Waals surface area contributed by atoms with Gasteiger partial charge in [0.05, 0.1) is 12.0 Å². The van der Waals surface area contributed by atoms with Crippen molar-refractivity contribution in [1.82, 2.24) is 4.98 Å². The molecule has 0 spiro atoms. The first-order valence-electron chi connectivity index (χ1n) is 11.9.